The minimum absolute atomic E-state index is 0.212. The first-order valence-electron chi connectivity index (χ1n) is 4.78. The van der Waals surface area contributed by atoms with Gasteiger partial charge in [-0.15, -0.1) is 0 Å². The van der Waals surface area contributed by atoms with Crippen LogP contribution in [0.1, 0.15) is 12.8 Å². The zero-order valence-electron chi connectivity index (χ0n) is 8.29. The van der Waals surface area contributed by atoms with E-state index in [2.05, 4.69) is 26.0 Å². The molecule has 1 aliphatic heterocycles. The molecule has 0 bridgehead atoms. The van der Waals surface area contributed by atoms with Crippen molar-refractivity contribution < 1.29 is 9.53 Å². The van der Waals surface area contributed by atoms with Crippen LogP contribution in [0, 0.1) is 0 Å². The van der Waals surface area contributed by atoms with Gasteiger partial charge in [-0.25, -0.2) is 0 Å². The molecule has 2 atom stereocenters. The van der Waals surface area contributed by atoms with E-state index < -0.39 is 0 Å². The van der Waals surface area contributed by atoms with Gasteiger partial charge >= 0.3 is 5.97 Å². The summed E-state index contributed by atoms with van der Waals surface area (Å²) in [4.78, 5) is 10.8. The quantitative estimate of drug-likeness (QED) is 0.611. The number of carbonyl (C=O) groups excluding carboxylic acids is 1. The molecule has 0 spiro atoms. The van der Waals surface area contributed by atoms with E-state index in [0.29, 0.717) is 6.54 Å². The van der Waals surface area contributed by atoms with Crippen molar-refractivity contribution >= 4 is 33.7 Å². The van der Waals surface area contributed by atoms with Gasteiger partial charge in [0.2, 0.25) is 0 Å². The number of rotatable bonds is 5. The van der Waals surface area contributed by atoms with E-state index in [1.807, 2.05) is 11.8 Å². The summed E-state index contributed by atoms with van der Waals surface area (Å²) < 4.78 is 4.60. The molecule has 14 heavy (non-hydrogen) atoms. The third-order valence-electron chi connectivity index (χ3n) is 2.18. The van der Waals surface area contributed by atoms with Crippen LogP contribution in [0.3, 0.4) is 0 Å². The SMILES string of the molecule is COC(=O)C(Br)CNCC1CCCS1. The maximum absolute atomic E-state index is 11.0. The highest BCUT2D eigenvalue weighted by Gasteiger charge is 2.17. The van der Waals surface area contributed by atoms with Gasteiger partial charge < -0.3 is 10.1 Å². The molecule has 0 aliphatic carbocycles. The molecule has 0 aromatic heterocycles. The number of methoxy groups -OCH3 is 1. The Kier molecular flexibility index (Phi) is 5.89. The molecule has 2 unspecified atom stereocenters. The molecule has 3 nitrogen and oxygen atoms in total. The highest BCUT2D eigenvalue weighted by Crippen LogP contribution is 2.25. The van der Waals surface area contributed by atoms with Gasteiger partial charge in [0.05, 0.1) is 7.11 Å². The molecule has 0 aromatic rings. The normalized spacial score (nSPS) is 23.4. The summed E-state index contributed by atoms with van der Waals surface area (Å²) in [7, 11) is 1.41. The zero-order valence-corrected chi connectivity index (χ0v) is 10.7. The van der Waals surface area contributed by atoms with Crippen LogP contribution in [0.5, 0.6) is 0 Å². The van der Waals surface area contributed by atoms with Crippen LogP contribution in [0.4, 0.5) is 0 Å². The maximum Gasteiger partial charge on any atom is 0.320 e. The topological polar surface area (TPSA) is 38.3 Å². The zero-order chi connectivity index (χ0) is 10.4. The van der Waals surface area contributed by atoms with Crippen LogP contribution in [-0.4, -0.2) is 42.0 Å². The number of halogens is 1. The number of carbonyl (C=O) groups is 1. The summed E-state index contributed by atoms with van der Waals surface area (Å²) >= 11 is 5.28. The van der Waals surface area contributed by atoms with Gasteiger partial charge in [-0.2, -0.15) is 11.8 Å². The predicted molar refractivity (Wildman–Crippen MR) is 63.1 cm³/mol. The molecule has 1 heterocycles. The van der Waals surface area contributed by atoms with E-state index in [9.17, 15) is 4.79 Å². The highest BCUT2D eigenvalue weighted by molar-refractivity contribution is 9.10. The number of thioether (sulfide) groups is 1. The van der Waals surface area contributed by atoms with E-state index in [0.717, 1.165) is 11.8 Å². The molecular formula is C9H16BrNO2S. The van der Waals surface area contributed by atoms with Crippen molar-refractivity contribution in [3.05, 3.63) is 0 Å². The van der Waals surface area contributed by atoms with E-state index in [4.69, 9.17) is 0 Å². The number of ether oxygens (including phenoxy) is 1. The monoisotopic (exact) mass is 281 g/mol. The van der Waals surface area contributed by atoms with Crippen molar-refractivity contribution in [2.24, 2.45) is 0 Å². The van der Waals surface area contributed by atoms with Crippen molar-refractivity contribution in [3.8, 4) is 0 Å². The van der Waals surface area contributed by atoms with Crippen LogP contribution < -0.4 is 5.32 Å². The van der Waals surface area contributed by atoms with E-state index >= 15 is 0 Å². The van der Waals surface area contributed by atoms with Gasteiger partial charge in [0.1, 0.15) is 4.83 Å². The molecule has 0 amide bonds. The molecule has 5 heteroatoms. The van der Waals surface area contributed by atoms with Crippen molar-refractivity contribution in [2.75, 3.05) is 26.0 Å². The molecule has 1 fully saturated rings. The molecule has 1 saturated heterocycles. The lowest BCUT2D eigenvalue weighted by Crippen LogP contribution is -2.33. The molecule has 1 aliphatic rings. The lowest BCUT2D eigenvalue weighted by Gasteiger charge is -2.12. The Bertz CT molecular complexity index is 186. The average Bonchev–Trinajstić information content (AvgIpc) is 2.69. The first-order chi connectivity index (χ1) is 6.74. The Morgan fingerprint density at radius 1 is 1.79 bits per heavy atom. The van der Waals surface area contributed by atoms with Gasteiger partial charge in [-0.3, -0.25) is 4.79 Å². The highest BCUT2D eigenvalue weighted by atomic mass is 79.9. The van der Waals surface area contributed by atoms with Gasteiger partial charge in [0.15, 0.2) is 0 Å². The third-order valence-corrected chi connectivity index (χ3v) is 4.27. The van der Waals surface area contributed by atoms with Crippen LogP contribution in [0.15, 0.2) is 0 Å². The number of alkyl halides is 1. The fourth-order valence-corrected chi connectivity index (χ4v) is 3.04. The second-order valence-electron chi connectivity index (χ2n) is 3.28. The Hall–Kier alpha value is 0.260. The molecule has 0 aromatic carbocycles. The van der Waals surface area contributed by atoms with Crippen LogP contribution in [0.2, 0.25) is 0 Å². The summed E-state index contributed by atoms with van der Waals surface area (Å²) in [6, 6.07) is 0. The van der Waals surface area contributed by atoms with Crippen molar-refractivity contribution in [3.63, 3.8) is 0 Å². The second kappa shape index (κ2) is 6.69. The Balaban J connectivity index is 2.05. The van der Waals surface area contributed by atoms with Crippen LogP contribution in [0.25, 0.3) is 0 Å². The molecular weight excluding hydrogens is 266 g/mol. The van der Waals surface area contributed by atoms with Crippen LogP contribution >= 0.6 is 27.7 Å². The van der Waals surface area contributed by atoms with E-state index in [1.54, 1.807) is 0 Å². The first-order valence-corrected chi connectivity index (χ1v) is 6.74. The van der Waals surface area contributed by atoms with Crippen LogP contribution in [-0.2, 0) is 9.53 Å². The number of hydrogen-bond acceptors (Lipinski definition) is 4. The fourth-order valence-electron chi connectivity index (χ4n) is 1.39. The summed E-state index contributed by atoms with van der Waals surface area (Å²) in [5.74, 6) is 1.07. The minimum atomic E-state index is -0.223. The lowest BCUT2D eigenvalue weighted by atomic mass is 10.2. The number of nitrogens with one attached hydrogen (secondary N) is 1. The van der Waals surface area contributed by atoms with E-state index in [1.165, 1.54) is 25.7 Å². The summed E-state index contributed by atoms with van der Waals surface area (Å²) in [5, 5.41) is 4.00. The smallest absolute Gasteiger partial charge is 0.320 e. The van der Waals surface area contributed by atoms with E-state index in [-0.39, 0.29) is 10.8 Å². The van der Waals surface area contributed by atoms with Crippen molar-refractivity contribution in [2.45, 2.75) is 22.9 Å². The van der Waals surface area contributed by atoms with Gasteiger partial charge in [-0.05, 0) is 18.6 Å². The minimum Gasteiger partial charge on any atom is -0.468 e. The standard InChI is InChI=1S/C9H16BrNO2S/c1-13-9(12)8(10)6-11-5-7-3-2-4-14-7/h7-8,11H,2-6H2,1H3. The number of esters is 1. The first kappa shape index (κ1) is 12.3. The summed E-state index contributed by atoms with van der Waals surface area (Å²) in [6.07, 6.45) is 2.62. The number of hydrogen-bond donors (Lipinski definition) is 1. The summed E-state index contributed by atoms with van der Waals surface area (Å²) in [5.41, 5.74) is 0. The molecule has 0 radical (unpaired) electrons. The third kappa shape index (κ3) is 4.19. The Morgan fingerprint density at radius 3 is 3.14 bits per heavy atom. The molecule has 1 N–H and O–H groups in total. The molecule has 1 rings (SSSR count). The molecule has 82 valence electrons. The summed E-state index contributed by atoms with van der Waals surface area (Å²) in [6.45, 7) is 1.63. The largest absolute Gasteiger partial charge is 0.468 e. The van der Waals surface area contributed by atoms with Gasteiger partial charge in [-0.1, -0.05) is 15.9 Å². The van der Waals surface area contributed by atoms with Crippen molar-refractivity contribution in [1.82, 2.24) is 5.32 Å². The second-order valence-corrected chi connectivity index (χ2v) is 5.80. The lowest BCUT2D eigenvalue weighted by molar-refractivity contribution is -0.139. The van der Waals surface area contributed by atoms with Crippen molar-refractivity contribution in [1.29, 1.82) is 0 Å². The Morgan fingerprint density at radius 2 is 2.57 bits per heavy atom. The fraction of sp³-hybridized carbons (Fsp3) is 0.889. The van der Waals surface area contributed by atoms with Gasteiger partial charge in [0.25, 0.3) is 0 Å². The Labute approximate surface area is 97.5 Å². The maximum atomic E-state index is 11.0. The van der Waals surface area contributed by atoms with Gasteiger partial charge in [0, 0.05) is 18.3 Å². The molecule has 0 saturated carbocycles. The predicted octanol–water partition coefficient (Wildman–Crippen LogP) is 1.41. The average molecular weight is 282 g/mol.